The van der Waals surface area contributed by atoms with Crippen molar-refractivity contribution in [1.82, 2.24) is 10.3 Å². The van der Waals surface area contributed by atoms with Gasteiger partial charge in [0.2, 0.25) is 11.7 Å². The number of hydrogen-bond donors (Lipinski definition) is 2. The molecule has 112 valence electrons. The van der Waals surface area contributed by atoms with E-state index in [-0.39, 0.29) is 18.2 Å². The van der Waals surface area contributed by atoms with Gasteiger partial charge in [0.15, 0.2) is 0 Å². The number of carboxylic acids is 1. The number of thiazole rings is 1. The van der Waals surface area contributed by atoms with Gasteiger partial charge in [0.25, 0.3) is 0 Å². The van der Waals surface area contributed by atoms with E-state index in [2.05, 4.69) is 10.3 Å². The van der Waals surface area contributed by atoms with Crippen molar-refractivity contribution < 1.29 is 19.1 Å². The normalized spacial score (nSPS) is 10.5. The fraction of sp³-hybridized carbons (Fsp3) is 0.308. The van der Waals surface area contributed by atoms with Gasteiger partial charge < -0.3 is 14.8 Å². The maximum atomic E-state index is 11.6. The Morgan fingerprint density at radius 3 is 2.90 bits per heavy atom. The number of aromatic nitrogens is 1. The molecule has 21 heavy (non-hydrogen) atoms. The number of amides is 1. The lowest BCUT2D eigenvalue weighted by Crippen LogP contribution is -2.24. The number of carboxylic acid groups (broad SMARTS) is 1. The van der Waals surface area contributed by atoms with Gasteiger partial charge in [-0.3, -0.25) is 4.79 Å². The van der Waals surface area contributed by atoms with E-state index in [1.165, 1.54) is 23.9 Å². The van der Waals surface area contributed by atoms with E-state index >= 15 is 0 Å². The number of nitrogens with one attached hydrogen (secondary N) is 1. The maximum Gasteiger partial charge on any atom is 0.371 e. The average Bonchev–Trinajstić information content (AvgIpc) is 3.05. The first-order valence-corrected chi connectivity index (χ1v) is 8.15. The van der Waals surface area contributed by atoms with E-state index in [1.54, 1.807) is 11.3 Å². The lowest BCUT2D eigenvalue weighted by Gasteiger charge is -2.02. The first kappa shape index (κ1) is 15.6. The van der Waals surface area contributed by atoms with Gasteiger partial charge in [-0.05, 0) is 19.1 Å². The number of aryl methyl sites for hydroxylation is 1. The Bertz CT molecular complexity index is 636. The molecule has 2 aromatic heterocycles. The number of carbonyl (C=O) groups excluding carboxylic acids is 1. The molecule has 8 heteroatoms. The smallest absolute Gasteiger partial charge is 0.371 e. The molecule has 0 saturated carbocycles. The zero-order valence-electron chi connectivity index (χ0n) is 11.3. The van der Waals surface area contributed by atoms with E-state index in [0.717, 1.165) is 10.7 Å². The zero-order chi connectivity index (χ0) is 15.2. The molecule has 2 aromatic rings. The van der Waals surface area contributed by atoms with Gasteiger partial charge in [-0.2, -0.15) is 0 Å². The molecule has 0 aliphatic carbocycles. The van der Waals surface area contributed by atoms with E-state index in [4.69, 9.17) is 9.52 Å². The molecule has 0 spiro atoms. The minimum atomic E-state index is -1.12. The van der Waals surface area contributed by atoms with Crippen LogP contribution in [0, 0.1) is 6.92 Å². The Kier molecular flexibility index (Phi) is 5.40. The highest BCUT2D eigenvalue weighted by molar-refractivity contribution is 7.99. The van der Waals surface area contributed by atoms with Crippen LogP contribution in [0.2, 0.25) is 0 Å². The number of aromatic carboxylic acids is 1. The highest BCUT2D eigenvalue weighted by atomic mass is 32.2. The van der Waals surface area contributed by atoms with Crippen LogP contribution in [0.1, 0.15) is 27.0 Å². The average molecular weight is 326 g/mol. The number of furan rings is 1. The molecule has 0 aliphatic rings. The monoisotopic (exact) mass is 326 g/mol. The quantitative estimate of drug-likeness (QED) is 0.811. The Morgan fingerprint density at radius 2 is 2.29 bits per heavy atom. The lowest BCUT2D eigenvalue weighted by atomic mass is 10.4. The van der Waals surface area contributed by atoms with Gasteiger partial charge in [0.1, 0.15) is 5.76 Å². The molecular weight excluding hydrogens is 312 g/mol. The van der Waals surface area contributed by atoms with Crippen LogP contribution >= 0.6 is 23.1 Å². The second kappa shape index (κ2) is 7.28. The van der Waals surface area contributed by atoms with Crippen LogP contribution in [0.3, 0.4) is 0 Å². The molecule has 0 aromatic carbocycles. The third kappa shape index (κ3) is 4.91. The molecule has 2 heterocycles. The first-order valence-electron chi connectivity index (χ1n) is 6.12. The van der Waals surface area contributed by atoms with Crippen LogP contribution in [0.5, 0.6) is 0 Å². The predicted octanol–water partition coefficient (Wildman–Crippen LogP) is 2.29. The van der Waals surface area contributed by atoms with Gasteiger partial charge in [0.05, 0.1) is 23.0 Å². The molecule has 1 amide bonds. The molecule has 0 radical (unpaired) electrons. The Hall–Kier alpha value is -1.80. The fourth-order valence-corrected chi connectivity index (χ4v) is 3.01. The van der Waals surface area contributed by atoms with Crippen molar-refractivity contribution in [2.24, 2.45) is 0 Å². The second-order valence-corrected chi connectivity index (χ2v) is 6.25. The van der Waals surface area contributed by atoms with Gasteiger partial charge in [0, 0.05) is 11.1 Å². The number of carbonyl (C=O) groups is 2. The standard InChI is InChI=1S/C13H14N2O4S2/c1-8-15-9(6-21-8)5-20-7-12(16)14-4-10-2-3-11(19-10)13(17)18/h2-3,6H,4-5,7H2,1H3,(H,14,16)(H,17,18). The molecule has 6 nitrogen and oxygen atoms in total. The third-order valence-corrected chi connectivity index (χ3v) is 4.27. The number of thioether (sulfide) groups is 1. The van der Waals surface area contributed by atoms with E-state index in [9.17, 15) is 9.59 Å². The van der Waals surface area contributed by atoms with Gasteiger partial charge >= 0.3 is 5.97 Å². The highest BCUT2D eigenvalue weighted by Gasteiger charge is 2.10. The molecule has 0 aliphatic heterocycles. The summed E-state index contributed by atoms with van der Waals surface area (Å²) in [5.41, 5.74) is 0.979. The SMILES string of the molecule is Cc1nc(CSCC(=O)NCc2ccc(C(=O)O)o2)cs1. The van der Waals surface area contributed by atoms with Crippen molar-refractivity contribution in [3.8, 4) is 0 Å². The van der Waals surface area contributed by atoms with Crippen LogP contribution in [-0.4, -0.2) is 27.7 Å². The number of rotatable bonds is 7. The number of nitrogens with zero attached hydrogens (tertiary/aromatic N) is 1. The summed E-state index contributed by atoms with van der Waals surface area (Å²) in [5.74, 6) is 0.0559. The molecule has 0 bridgehead atoms. The molecule has 0 saturated heterocycles. The highest BCUT2D eigenvalue weighted by Crippen LogP contribution is 2.15. The molecule has 0 fully saturated rings. The molecular formula is C13H14N2O4S2. The van der Waals surface area contributed by atoms with Crippen LogP contribution < -0.4 is 5.32 Å². The van der Waals surface area contributed by atoms with Crippen molar-refractivity contribution in [1.29, 1.82) is 0 Å². The van der Waals surface area contributed by atoms with E-state index in [0.29, 0.717) is 17.3 Å². The van der Waals surface area contributed by atoms with E-state index in [1.807, 2.05) is 12.3 Å². The largest absolute Gasteiger partial charge is 0.475 e. The summed E-state index contributed by atoms with van der Waals surface area (Å²) < 4.78 is 5.04. The Labute approximate surface area is 129 Å². The molecule has 0 atom stereocenters. The fourth-order valence-electron chi connectivity index (χ4n) is 1.55. The summed E-state index contributed by atoms with van der Waals surface area (Å²) in [6.07, 6.45) is 0. The van der Waals surface area contributed by atoms with Gasteiger partial charge in [-0.1, -0.05) is 0 Å². The van der Waals surface area contributed by atoms with E-state index < -0.39 is 5.97 Å². The maximum absolute atomic E-state index is 11.6. The summed E-state index contributed by atoms with van der Waals surface area (Å²) in [6.45, 7) is 2.13. The predicted molar refractivity (Wildman–Crippen MR) is 80.5 cm³/mol. The molecule has 2 N–H and O–H groups in total. The minimum absolute atomic E-state index is 0.125. The second-order valence-electron chi connectivity index (χ2n) is 4.20. The summed E-state index contributed by atoms with van der Waals surface area (Å²) in [4.78, 5) is 26.6. The summed E-state index contributed by atoms with van der Waals surface area (Å²) in [7, 11) is 0. The van der Waals surface area contributed by atoms with Crippen molar-refractivity contribution >= 4 is 35.0 Å². The van der Waals surface area contributed by atoms with Crippen LogP contribution in [0.15, 0.2) is 21.9 Å². The van der Waals surface area contributed by atoms with Crippen LogP contribution in [0.4, 0.5) is 0 Å². The minimum Gasteiger partial charge on any atom is -0.475 e. The van der Waals surface area contributed by atoms with Gasteiger partial charge in [-0.15, -0.1) is 23.1 Å². The Morgan fingerprint density at radius 1 is 1.48 bits per heavy atom. The lowest BCUT2D eigenvalue weighted by molar-refractivity contribution is -0.118. The molecule has 0 unspecified atom stereocenters. The number of hydrogen-bond acceptors (Lipinski definition) is 6. The summed E-state index contributed by atoms with van der Waals surface area (Å²) in [6, 6.07) is 2.90. The summed E-state index contributed by atoms with van der Waals surface area (Å²) in [5, 5.41) is 14.4. The topological polar surface area (TPSA) is 92.4 Å². The van der Waals surface area contributed by atoms with Crippen molar-refractivity contribution in [3.05, 3.63) is 39.7 Å². The third-order valence-electron chi connectivity index (χ3n) is 2.48. The van der Waals surface area contributed by atoms with Crippen molar-refractivity contribution in [2.45, 2.75) is 19.2 Å². The first-order chi connectivity index (χ1) is 10.0. The van der Waals surface area contributed by atoms with Crippen LogP contribution in [0.25, 0.3) is 0 Å². The molecule has 2 rings (SSSR count). The summed E-state index contributed by atoms with van der Waals surface area (Å²) >= 11 is 3.07. The Balaban J connectivity index is 1.68. The zero-order valence-corrected chi connectivity index (χ0v) is 12.9. The van der Waals surface area contributed by atoms with Crippen molar-refractivity contribution in [2.75, 3.05) is 5.75 Å². The van der Waals surface area contributed by atoms with Crippen molar-refractivity contribution in [3.63, 3.8) is 0 Å². The van der Waals surface area contributed by atoms with Gasteiger partial charge in [-0.25, -0.2) is 9.78 Å². The van der Waals surface area contributed by atoms with Crippen LogP contribution in [-0.2, 0) is 17.1 Å².